The number of hydrogen-bond donors (Lipinski definition) is 1. The minimum absolute atomic E-state index is 0.0104. The molecule has 1 rings (SSSR count). The molecule has 0 saturated carbocycles. The minimum atomic E-state index is 0.0104. The fourth-order valence-electron chi connectivity index (χ4n) is 1.45. The maximum Gasteiger partial charge on any atom is 0.219 e. The molecule has 0 fully saturated rings. The fraction of sp³-hybridized carbons (Fsp3) is 0.462. The molecule has 0 saturated heterocycles. The Morgan fingerprint density at radius 3 is 2.56 bits per heavy atom. The number of rotatable bonds is 7. The van der Waals surface area contributed by atoms with Crippen LogP contribution in [-0.2, 0) is 4.79 Å². The first-order valence-electron chi connectivity index (χ1n) is 5.83. The van der Waals surface area contributed by atoms with Crippen molar-refractivity contribution in [2.24, 2.45) is 0 Å². The van der Waals surface area contributed by atoms with Crippen LogP contribution in [-0.4, -0.2) is 33.3 Å². The largest absolute Gasteiger partial charge is 0.493 e. The number of carbonyl (C=O) groups excluding carboxylic acids is 1. The van der Waals surface area contributed by atoms with E-state index in [1.807, 2.05) is 6.07 Å². The number of carbonyl (C=O) groups is 1. The van der Waals surface area contributed by atoms with Gasteiger partial charge in [-0.25, -0.2) is 0 Å². The van der Waals surface area contributed by atoms with Crippen LogP contribution < -0.4 is 19.5 Å². The lowest BCUT2D eigenvalue weighted by Gasteiger charge is -2.13. The van der Waals surface area contributed by atoms with Gasteiger partial charge in [0.25, 0.3) is 0 Å². The number of hydrogen-bond acceptors (Lipinski definition) is 4. The number of para-hydroxylation sites is 1. The van der Waals surface area contributed by atoms with Crippen molar-refractivity contribution in [2.45, 2.75) is 13.3 Å². The SMILES string of the molecule is CCC(=O)NCCOc1cccc(OC)c1OC. The van der Waals surface area contributed by atoms with E-state index in [9.17, 15) is 4.79 Å². The van der Waals surface area contributed by atoms with E-state index in [-0.39, 0.29) is 5.91 Å². The Hall–Kier alpha value is -1.91. The monoisotopic (exact) mass is 253 g/mol. The van der Waals surface area contributed by atoms with Gasteiger partial charge in [0, 0.05) is 6.42 Å². The second-order valence-corrected chi connectivity index (χ2v) is 3.54. The molecule has 0 heterocycles. The number of methoxy groups -OCH3 is 2. The Balaban J connectivity index is 2.54. The summed E-state index contributed by atoms with van der Waals surface area (Å²) in [4.78, 5) is 11.0. The third-order valence-corrected chi connectivity index (χ3v) is 2.37. The van der Waals surface area contributed by atoms with Crippen molar-refractivity contribution in [1.82, 2.24) is 5.32 Å². The molecule has 0 unspecified atom stereocenters. The van der Waals surface area contributed by atoms with Crippen molar-refractivity contribution >= 4 is 5.91 Å². The fourth-order valence-corrected chi connectivity index (χ4v) is 1.45. The lowest BCUT2D eigenvalue weighted by molar-refractivity contribution is -0.120. The molecule has 18 heavy (non-hydrogen) atoms. The molecule has 0 bridgehead atoms. The molecule has 0 aliphatic heterocycles. The molecule has 100 valence electrons. The summed E-state index contributed by atoms with van der Waals surface area (Å²) in [6.07, 6.45) is 0.475. The maximum absolute atomic E-state index is 11.0. The molecule has 5 nitrogen and oxygen atoms in total. The maximum atomic E-state index is 11.0. The lowest BCUT2D eigenvalue weighted by Crippen LogP contribution is -2.27. The summed E-state index contributed by atoms with van der Waals surface area (Å²) in [6.45, 7) is 2.66. The van der Waals surface area contributed by atoms with Gasteiger partial charge in [0.1, 0.15) is 6.61 Å². The highest BCUT2D eigenvalue weighted by Crippen LogP contribution is 2.36. The summed E-state index contributed by atoms with van der Waals surface area (Å²) < 4.78 is 15.9. The van der Waals surface area contributed by atoms with Gasteiger partial charge in [-0.2, -0.15) is 0 Å². The summed E-state index contributed by atoms with van der Waals surface area (Å²) in [6, 6.07) is 5.41. The van der Waals surface area contributed by atoms with Gasteiger partial charge in [-0.3, -0.25) is 4.79 Å². The van der Waals surface area contributed by atoms with E-state index in [0.29, 0.717) is 36.8 Å². The summed E-state index contributed by atoms with van der Waals surface area (Å²) >= 11 is 0. The number of ether oxygens (including phenoxy) is 3. The zero-order valence-corrected chi connectivity index (χ0v) is 11.0. The van der Waals surface area contributed by atoms with Crippen LogP contribution in [0.15, 0.2) is 18.2 Å². The van der Waals surface area contributed by atoms with Crippen LogP contribution in [0.25, 0.3) is 0 Å². The normalized spacial score (nSPS) is 9.72. The van der Waals surface area contributed by atoms with Crippen LogP contribution in [0.4, 0.5) is 0 Å². The molecular weight excluding hydrogens is 234 g/mol. The molecule has 0 aliphatic carbocycles. The summed E-state index contributed by atoms with van der Waals surface area (Å²) in [7, 11) is 3.13. The summed E-state index contributed by atoms with van der Waals surface area (Å²) in [5, 5.41) is 2.73. The van der Waals surface area contributed by atoms with Gasteiger partial charge in [0.2, 0.25) is 11.7 Å². The molecule has 0 aromatic heterocycles. The highest BCUT2D eigenvalue weighted by atomic mass is 16.5. The van der Waals surface area contributed by atoms with Crippen LogP contribution >= 0.6 is 0 Å². The van der Waals surface area contributed by atoms with E-state index in [4.69, 9.17) is 14.2 Å². The highest BCUT2D eigenvalue weighted by Gasteiger charge is 2.10. The first kappa shape index (κ1) is 14.2. The first-order valence-corrected chi connectivity index (χ1v) is 5.83. The summed E-state index contributed by atoms with van der Waals surface area (Å²) in [5.74, 6) is 1.79. The van der Waals surface area contributed by atoms with Crippen molar-refractivity contribution in [3.05, 3.63) is 18.2 Å². The Morgan fingerprint density at radius 2 is 1.94 bits per heavy atom. The van der Waals surface area contributed by atoms with E-state index in [1.54, 1.807) is 33.3 Å². The van der Waals surface area contributed by atoms with Gasteiger partial charge in [0.05, 0.1) is 20.8 Å². The molecule has 1 amide bonds. The van der Waals surface area contributed by atoms with E-state index in [2.05, 4.69) is 5.32 Å². The predicted octanol–water partition coefficient (Wildman–Crippen LogP) is 1.61. The van der Waals surface area contributed by atoms with Gasteiger partial charge in [-0.1, -0.05) is 13.0 Å². The Labute approximate surface area is 107 Å². The number of nitrogens with one attached hydrogen (secondary N) is 1. The third-order valence-electron chi connectivity index (χ3n) is 2.37. The average Bonchev–Trinajstić information content (AvgIpc) is 2.42. The third kappa shape index (κ3) is 3.84. The smallest absolute Gasteiger partial charge is 0.219 e. The van der Waals surface area contributed by atoms with Gasteiger partial charge >= 0.3 is 0 Å². The van der Waals surface area contributed by atoms with Crippen LogP contribution in [0.1, 0.15) is 13.3 Å². The molecule has 0 aliphatic rings. The average molecular weight is 253 g/mol. The zero-order chi connectivity index (χ0) is 13.4. The number of benzene rings is 1. The molecular formula is C13H19NO4. The lowest BCUT2D eigenvalue weighted by atomic mass is 10.3. The quantitative estimate of drug-likeness (QED) is 0.750. The Bertz CT molecular complexity index is 393. The van der Waals surface area contributed by atoms with Crippen LogP contribution in [0, 0.1) is 0 Å². The van der Waals surface area contributed by atoms with Crippen molar-refractivity contribution in [3.63, 3.8) is 0 Å². The van der Waals surface area contributed by atoms with Crippen molar-refractivity contribution in [3.8, 4) is 17.2 Å². The van der Waals surface area contributed by atoms with Gasteiger partial charge in [-0.05, 0) is 12.1 Å². The van der Waals surface area contributed by atoms with E-state index < -0.39 is 0 Å². The van der Waals surface area contributed by atoms with Crippen LogP contribution in [0.2, 0.25) is 0 Å². The summed E-state index contributed by atoms with van der Waals surface area (Å²) in [5.41, 5.74) is 0. The molecule has 0 spiro atoms. The molecule has 1 aromatic carbocycles. The first-order chi connectivity index (χ1) is 8.72. The second kappa shape index (κ2) is 7.42. The van der Waals surface area contributed by atoms with E-state index >= 15 is 0 Å². The van der Waals surface area contributed by atoms with E-state index in [0.717, 1.165) is 0 Å². The van der Waals surface area contributed by atoms with Crippen LogP contribution in [0.3, 0.4) is 0 Å². The van der Waals surface area contributed by atoms with Gasteiger partial charge in [-0.15, -0.1) is 0 Å². The Morgan fingerprint density at radius 1 is 1.22 bits per heavy atom. The second-order valence-electron chi connectivity index (χ2n) is 3.54. The van der Waals surface area contributed by atoms with Crippen molar-refractivity contribution in [2.75, 3.05) is 27.4 Å². The van der Waals surface area contributed by atoms with Crippen molar-refractivity contribution in [1.29, 1.82) is 0 Å². The minimum Gasteiger partial charge on any atom is -0.493 e. The topological polar surface area (TPSA) is 56.8 Å². The molecule has 1 aromatic rings. The highest BCUT2D eigenvalue weighted by molar-refractivity contribution is 5.75. The van der Waals surface area contributed by atoms with Crippen LogP contribution in [0.5, 0.6) is 17.2 Å². The molecule has 0 atom stereocenters. The molecule has 5 heteroatoms. The van der Waals surface area contributed by atoms with Gasteiger partial charge in [0.15, 0.2) is 11.5 Å². The number of amides is 1. The molecule has 1 N–H and O–H groups in total. The zero-order valence-electron chi connectivity index (χ0n) is 11.0. The van der Waals surface area contributed by atoms with E-state index in [1.165, 1.54) is 0 Å². The standard InChI is InChI=1S/C13H19NO4/c1-4-12(15)14-8-9-18-11-7-5-6-10(16-2)13(11)17-3/h5-7H,4,8-9H2,1-3H3,(H,14,15). The molecule has 0 radical (unpaired) electrons. The van der Waals surface area contributed by atoms with Gasteiger partial charge < -0.3 is 19.5 Å². The Kier molecular flexibility index (Phi) is 5.84. The van der Waals surface area contributed by atoms with Crippen molar-refractivity contribution < 1.29 is 19.0 Å². The predicted molar refractivity (Wildman–Crippen MR) is 68.3 cm³/mol.